The first kappa shape index (κ1) is 47.1. The summed E-state index contributed by atoms with van der Waals surface area (Å²) >= 11 is 0. The van der Waals surface area contributed by atoms with Gasteiger partial charge in [-0.2, -0.15) is 0 Å². The van der Waals surface area contributed by atoms with Crippen LogP contribution in [0.4, 0.5) is 9.59 Å². The molecule has 0 radical (unpaired) electrons. The van der Waals surface area contributed by atoms with Crippen LogP contribution in [0.2, 0.25) is 0 Å². The van der Waals surface area contributed by atoms with Crippen LogP contribution in [0.15, 0.2) is 48.5 Å². The third-order valence-corrected chi connectivity index (χ3v) is 8.42. The van der Waals surface area contributed by atoms with Crippen molar-refractivity contribution in [2.45, 2.75) is 64.0 Å². The number of alkyl carbamates (subject to hydrolysis) is 2. The van der Waals surface area contributed by atoms with E-state index in [0.717, 1.165) is 22.3 Å². The third kappa shape index (κ3) is 20.1. The highest BCUT2D eigenvalue weighted by Gasteiger charge is 2.29. The molecule has 0 saturated carbocycles. The zero-order valence-electron chi connectivity index (χ0n) is 33.6. The Morgan fingerprint density at radius 1 is 0.632 bits per heavy atom. The highest BCUT2D eigenvalue weighted by molar-refractivity contribution is 5.81. The number of aliphatic carboxylic acids is 1. The van der Waals surface area contributed by atoms with Crippen molar-refractivity contribution >= 4 is 24.1 Å². The summed E-state index contributed by atoms with van der Waals surface area (Å²) in [5.41, 5.74) is 3.83. The van der Waals surface area contributed by atoms with Gasteiger partial charge < -0.3 is 59.0 Å². The summed E-state index contributed by atoms with van der Waals surface area (Å²) in [4.78, 5) is 48.0. The van der Waals surface area contributed by atoms with Crippen LogP contribution < -0.4 is 16.0 Å². The number of unbranched alkanes of at least 4 members (excludes halogenated alkanes) is 1. The molecule has 318 valence electrons. The number of carboxylic acids is 1. The molecule has 57 heavy (non-hydrogen) atoms. The van der Waals surface area contributed by atoms with Crippen molar-refractivity contribution < 1.29 is 62.2 Å². The van der Waals surface area contributed by atoms with Gasteiger partial charge in [-0.05, 0) is 62.3 Å². The minimum Gasteiger partial charge on any atom is -0.480 e. The number of nitrogens with one attached hydrogen (secondary N) is 3. The van der Waals surface area contributed by atoms with E-state index in [9.17, 15) is 24.3 Å². The molecule has 0 aliphatic heterocycles. The molecule has 0 bridgehead atoms. The number of ether oxygens (including phenoxy) is 8. The Kier molecular flexibility index (Phi) is 22.6. The minimum absolute atomic E-state index is 0.0973. The van der Waals surface area contributed by atoms with Crippen molar-refractivity contribution in [3.8, 4) is 11.1 Å². The maximum Gasteiger partial charge on any atom is 0.407 e. The van der Waals surface area contributed by atoms with Gasteiger partial charge in [-0.25, -0.2) is 14.4 Å². The normalized spacial score (nSPS) is 12.7. The van der Waals surface area contributed by atoms with Gasteiger partial charge in [0.1, 0.15) is 18.2 Å². The molecule has 16 heteroatoms. The largest absolute Gasteiger partial charge is 0.480 e. The number of hydrogen-bond acceptors (Lipinski definition) is 12. The van der Waals surface area contributed by atoms with Crippen molar-refractivity contribution in [2.24, 2.45) is 0 Å². The Morgan fingerprint density at radius 2 is 1.12 bits per heavy atom. The van der Waals surface area contributed by atoms with Gasteiger partial charge in [0.15, 0.2) is 0 Å². The number of carbonyl (C=O) groups is 4. The summed E-state index contributed by atoms with van der Waals surface area (Å²) in [7, 11) is 0. The van der Waals surface area contributed by atoms with Gasteiger partial charge >= 0.3 is 18.2 Å². The van der Waals surface area contributed by atoms with Gasteiger partial charge in [0.2, 0.25) is 5.91 Å². The van der Waals surface area contributed by atoms with Crippen molar-refractivity contribution in [2.75, 3.05) is 99.0 Å². The Hall–Kier alpha value is -4.32. The molecule has 2 aromatic rings. The number of benzene rings is 2. The number of fused-ring (bicyclic) bond motifs is 3. The van der Waals surface area contributed by atoms with E-state index in [1.54, 1.807) is 20.8 Å². The molecule has 0 spiro atoms. The molecule has 3 rings (SSSR count). The second-order valence-electron chi connectivity index (χ2n) is 14.1. The average molecular weight is 804 g/mol. The van der Waals surface area contributed by atoms with E-state index in [1.165, 1.54) is 0 Å². The number of amides is 3. The first-order chi connectivity index (χ1) is 27.5. The highest BCUT2D eigenvalue weighted by atomic mass is 16.6. The summed E-state index contributed by atoms with van der Waals surface area (Å²) in [5, 5.41) is 17.5. The second-order valence-corrected chi connectivity index (χ2v) is 14.1. The van der Waals surface area contributed by atoms with Crippen LogP contribution in [0, 0.1) is 0 Å². The molecule has 3 amide bonds. The monoisotopic (exact) mass is 803 g/mol. The van der Waals surface area contributed by atoms with Crippen molar-refractivity contribution in [1.82, 2.24) is 16.0 Å². The fourth-order valence-corrected chi connectivity index (χ4v) is 5.74. The molecule has 4 N–H and O–H groups in total. The van der Waals surface area contributed by atoms with Gasteiger partial charge in [0.05, 0.1) is 79.3 Å². The molecular weight excluding hydrogens is 742 g/mol. The lowest BCUT2D eigenvalue weighted by atomic mass is 9.98. The quantitative estimate of drug-likeness (QED) is 0.0818. The Bertz CT molecular complexity index is 1440. The first-order valence-corrected chi connectivity index (χ1v) is 19.6. The lowest BCUT2D eigenvalue weighted by Crippen LogP contribution is -2.41. The van der Waals surface area contributed by atoms with Crippen LogP contribution in [0.3, 0.4) is 0 Å². The van der Waals surface area contributed by atoms with Crippen molar-refractivity contribution in [3.63, 3.8) is 0 Å². The van der Waals surface area contributed by atoms with Gasteiger partial charge in [0, 0.05) is 25.4 Å². The van der Waals surface area contributed by atoms with E-state index in [4.69, 9.17) is 37.9 Å². The lowest BCUT2D eigenvalue weighted by molar-refractivity contribution is -0.139. The highest BCUT2D eigenvalue weighted by Crippen LogP contribution is 2.44. The van der Waals surface area contributed by atoms with Crippen LogP contribution >= 0.6 is 0 Å². The zero-order chi connectivity index (χ0) is 41.1. The summed E-state index contributed by atoms with van der Waals surface area (Å²) in [6, 6.07) is 14.9. The van der Waals surface area contributed by atoms with E-state index in [1.807, 2.05) is 48.5 Å². The molecule has 0 aromatic heterocycles. The molecule has 1 atom stereocenters. The van der Waals surface area contributed by atoms with Crippen LogP contribution in [0.25, 0.3) is 11.1 Å². The number of carbonyl (C=O) groups excluding carboxylic acids is 3. The molecule has 16 nitrogen and oxygen atoms in total. The fraction of sp³-hybridized carbons (Fsp3) is 0.610. The molecule has 0 unspecified atom stereocenters. The molecule has 1 aliphatic rings. The summed E-state index contributed by atoms with van der Waals surface area (Å²) < 4.78 is 43.3. The summed E-state index contributed by atoms with van der Waals surface area (Å²) in [6.45, 7) is 11.0. The van der Waals surface area contributed by atoms with Crippen LogP contribution in [-0.4, -0.2) is 140 Å². The summed E-state index contributed by atoms with van der Waals surface area (Å²) in [6.07, 6.45) is 0.180. The number of carboxylic acid groups (broad SMARTS) is 1. The van der Waals surface area contributed by atoms with Gasteiger partial charge in [-0.15, -0.1) is 0 Å². The topological polar surface area (TPSA) is 198 Å². The predicted octanol–water partition coefficient (Wildman–Crippen LogP) is 4.28. The Balaban J connectivity index is 1.06. The maximum atomic E-state index is 12.6. The standard InChI is InChI=1S/C41H61N3O13/c1-41(2,3)57-39(48)43-17-19-51-21-23-53-25-27-55-29-28-54-26-24-52-22-20-50-18-15-37(45)42-16-9-8-14-36(38(46)47)44-40(49)56-30-35-33-12-6-4-10-31(33)32-11-5-7-13-34(32)35/h4-7,10-13,35-36H,8-9,14-30H2,1-3H3,(H,42,45)(H,43,48)(H,44,49)(H,46,47)/t36-/m0/s1. The minimum atomic E-state index is -1.14. The van der Waals surface area contributed by atoms with Crippen molar-refractivity contribution in [3.05, 3.63) is 59.7 Å². The fourth-order valence-electron chi connectivity index (χ4n) is 5.74. The van der Waals surface area contributed by atoms with Crippen LogP contribution in [0.5, 0.6) is 0 Å². The van der Waals surface area contributed by atoms with E-state index in [-0.39, 0.29) is 37.9 Å². The Labute approximate surface area is 335 Å². The van der Waals surface area contributed by atoms with E-state index >= 15 is 0 Å². The third-order valence-electron chi connectivity index (χ3n) is 8.42. The average Bonchev–Trinajstić information content (AvgIpc) is 3.49. The lowest BCUT2D eigenvalue weighted by Gasteiger charge is -2.19. The second kappa shape index (κ2) is 27.3. The number of rotatable bonds is 30. The van der Waals surface area contributed by atoms with Crippen LogP contribution in [-0.2, 0) is 47.5 Å². The van der Waals surface area contributed by atoms with Gasteiger partial charge in [0.25, 0.3) is 0 Å². The maximum absolute atomic E-state index is 12.6. The smallest absolute Gasteiger partial charge is 0.407 e. The molecule has 0 saturated heterocycles. The van der Waals surface area contributed by atoms with E-state index < -0.39 is 29.8 Å². The molecule has 1 aliphatic carbocycles. The van der Waals surface area contributed by atoms with E-state index in [0.29, 0.717) is 98.6 Å². The van der Waals surface area contributed by atoms with Gasteiger partial charge in [-0.1, -0.05) is 48.5 Å². The van der Waals surface area contributed by atoms with E-state index in [2.05, 4.69) is 16.0 Å². The SMILES string of the molecule is CC(C)(C)OC(=O)NCCOCCOCCOCCOCCOCCOCCC(=O)NCCCC[C@H](NC(=O)OCC1c2ccccc2-c2ccccc21)C(=O)O. The summed E-state index contributed by atoms with van der Waals surface area (Å²) in [5.74, 6) is -1.43. The van der Waals surface area contributed by atoms with Crippen molar-refractivity contribution in [1.29, 1.82) is 0 Å². The first-order valence-electron chi connectivity index (χ1n) is 19.6. The zero-order valence-corrected chi connectivity index (χ0v) is 33.6. The predicted molar refractivity (Wildman–Crippen MR) is 210 cm³/mol. The van der Waals surface area contributed by atoms with Crippen LogP contribution in [0.1, 0.15) is 63.5 Å². The molecular formula is C41H61N3O13. The molecule has 0 fully saturated rings. The Morgan fingerprint density at radius 3 is 1.63 bits per heavy atom. The molecule has 0 heterocycles. The number of hydrogen-bond donors (Lipinski definition) is 4. The molecule has 2 aromatic carbocycles. The van der Waals surface area contributed by atoms with Gasteiger partial charge in [-0.3, -0.25) is 4.79 Å².